The maximum absolute atomic E-state index is 11.2. The van der Waals surface area contributed by atoms with E-state index in [9.17, 15) is 4.79 Å². The Labute approximate surface area is 88.6 Å². The molecule has 1 amide bonds. The number of amides is 1. The summed E-state index contributed by atoms with van der Waals surface area (Å²) in [7, 11) is 0. The van der Waals surface area contributed by atoms with Gasteiger partial charge in [-0.15, -0.1) is 6.58 Å². The molecule has 0 saturated heterocycles. The summed E-state index contributed by atoms with van der Waals surface area (Å²) in [5.41, 5.74) is 1.29. The van der Waals surface area contributed by atoms with Crippen molar-refractivity contribution in [3.05, 3.63) is 35.0 Å². The van der Waals surface area contributed by atoms with E-state index in [0.717, 1.165) is 19.4 Å². The van der Waals surface area contributed by atoms with Gasteiger partial charge in [-0.1, -0.05) is 6.08 Å². The van der Waals surface area contributed by atoms with Crippen molar-refractivity contribution in [1.82, 2.24) is 5.32 Å². The number of hydrogen-bond donors (Lipinski definition) is 1. The van der Waals surface area contributed by atoms with Crippen LogP contribution in [-0.4, -0.2) is 12.5 Å². The zero-order valence-corrected chi connectivity index (χ0v) is 8.98. The van der Waals surface area contributed by atoms with Crippen LogP contribution in [0.15, 0.2) is 29.5 Å². The van der Waals surface area contributed by atoms with Crippen LogP contribution in [-0.2, 0) is 11.2 Å². The molecule has 0 fully saturated rings. The number of carbonyl (C=O) groups excluding carboxylic acids is 1. The molecule has 1 rings (SSSR count). The summed E-state index contributed by atoms with van der Waals surface area (Å²) in [5, 5.41) is 7.03. The first-order valence-electron chi connectivity index (χ1n) is 4.71. The molecule has 14 heavy (non-hydrogen) atoms. The van der Waals surface area contributed by atoms with Gasteiger partial charge in [0, 0.05) is 13.0 Å². The van der Waals surface area contributed by atoms with E-state index < -0.39 is 0 Å². The topological polar surface area (TPSA) is 29.1 Å². The van der Waals surface area contributed by atoms with Gasteiger partial charge in [0.25, 0.3) is 0 Å². The van der Waals surface area contributed by atoms with Crippen molar-refractivity contribution in [2.24, 2.45) is 0 Å². The van der Waals surface area contributed by atoms with E-state index in [1.165, 1.54) is 5.56 Å². The van der Waals surface area contributed by atoms with Gasteiger partial charge in [-0.25, -0.2) is 0 Å². The van der Waals surface area contributed by atoms with Crippen LogP contribution < -0.4 is 5.32 Å². The molecular formula is C11H15NOS. The Hall–Kier alpha value is -1.09. The number of nitrogens with one attached hydrogen (secondary N) is 1. The van der Waals surface area contributed by atoms with Gasteiger partial charge in [-0.2, -0.15) is 11.3 Å². The first kappa shape index (κ1) is 11.0. The maximum atomic E-state index is 11.2. The number of allylic oxidation sites excluding steroid dienone is 1. The number of rotatable bonds is 6. The van der Waals surface area contributed by atoms with Crippen LogP contribution in [0.3, 0.4) is 0 Å². The fourth-order valence-electron chi connectivity index (χ4n) is 1.10. The second kappa shape index (κ2) is 6.38. The van der Waals surface area contributed by atoms with Crippen molar-refractivity contribution in [2.45, 2.75) is 19.3 Å². The third kappa shape index (κ3) is 4.23. The van der Waals surface area contributed by atoms with Crippen LogP contribution in [0, 0.1) is 0 Å². The summed E-state index contributed by atoms with van der Waals surface area (Å²) >= 11 is 1.69. The van der Waals surface area contributed by atoms with Crippen LogP contribution in [0.4, 0.5) is 0 Å². The number of thiophene rings is 1. The molecule has 1 aromatic heterocycles. The van der Waals surface area contributed by atoms with Crippen LogP contribution in [0.2, 0.25) is 0 Å². The van der Waals surface area contributed by atoms with Crippen molar-refractivity contribution in [2.75, 3.05) is 6.54 Å². The fourth-order valence-corrected chi connectivity index (χ4v) is 1.81. The normalized spacial score (nSPS) is 9.71. The molecule has 1 heterocycles. The Balaban J connectivity index is 2.09. The van der Waals surface area contributed by atoms with Gasteiger partial charge in [0.15, 0.2) is 0 Å². The average molecular weight is 209 g/mol. The minimum absolute atomic E-state index is 0.111. The van der Waals surface area contributed by atoms with Gasteiger partial charge in [0.05, 0.1) is 0 Å². The van der Waals surface area contributed by atoms with Crippen LogP contribution in [0.25, 0.3) is 0 Å². The summed E-state index contributed by atoms with van der Waals surface area (Å²) < 4.78 is 0. The Morgan fingerprint density at radius 3 is 3.14 bits per heavy atom. The highest BCUT2D eigenvalue weighted by Gasteiger charge is 1.98. The van der Waals surface area contributed by atoms with Crippen molar-refractivity contribution >= 4 is 17.2 Å². The molecule has 0 bridgehead atoms. The Morgan fingerprint density at radius 1 is 1.64 bits per heavy atom. The molecule has 0 atom stereocenters. The highest BCUT2D eigenvalue weighted by Crippen LogP contribution is 2.05. The summed E-state index contributed by atoms with van der Waals surface area (Å²) in [6, 6.07) is 2.08. The lowest BCUT2D eigenvalue weighted by Gasteiger charge is -2.02. The first-order valence-corrected chi connectivity index (χ1v) is 5.66. The molecule has 1 aromatic rings. The second-order valence-electron chi connectivity index (χ2n) is 3.06. The first-order chi connectivity index (χ1) is 6.83. The molecule has 0 radical (unpaired) electrons. The van der Waals surface area contributed by atoms with Crippen LogP contribution >= 0.6 is 11.3 Å². The van der Waals surface area contributed by atoms with E-state index in [2.05, 4.69) is 28.7 Å². The zero-order valence-electron chi connectivity index (χ0n) is 8.16. The number of hydrogen-bond acceptors (Lipinski definition) is 2. The van der Waals surface area contributed by atoms with Gasteiger partial charge in [-0.05, 0) is 35.2 Å². The van der Waals surface area contributed by atoms with Crippen LogP contribution in [0.5, 0.6) is 0 Å². The van der Waals surface area contributed by atoms with Crippen molar-refractivity contribution in [3.8, 4) is 0 Å². The molecule has 0 aliphatic rings. The minimum Gasteiger partial charge on any atom is -0.356 e. The quantitative estimate of drug-likeness (QED) is 0.716. The smallest absolute Gasteiger partial charge is 0.220 e. The van der Waals surface area contributed by atoms with Crippen molar-refractivity contribution in [3.63, 3.8) is 0 Å². The van der Waals surface area contributed by atoms with E-state index >= 15 is 0 Å². The summed E-state index contributed by atoms with van der Waals surface area (Å²) in [5.74, 6) is 0.111. The Bertz CT molecular complexity index is 279. The number of carbonyl (C=O) groups is 1. The van der Waals surface area contributed by atoms with E-state index in [1.54, 1.807) is 17.4 Å². The molecule has 1 N–H and O–H groups in total. The summed E-state index contributed by atoms with van der Waals surface area (Å²) in [4.78, 5) is 11.2. The van der Waals surface area contributed by atoms with Gasteiger partial charge in [0.1, 0.15) is 0 Å². The van der Waals surface area contributed by atoms with Crippen molar-refractivity contribution in [1.29, 1.82) is 0 Å². The lowest BCUT2D eigenvalue weighted by molar-refractivity contribution is -0.120. The predicted octanol–water partition coefficient (Wildman–Crippen LogP) is 2.37. The molecular weight excluding hydrogens is 194 g/mol. The van der Waals surface area contributed by atoms with Crippen LogP contribution in [0.1, 0.15) is 18.4 Å². The monoisotopic (exact) mass is 209 g/mol. The standard InChI is InChI=1S/C11H15NOS/c1-2-3-4-11(13)12-7-5-10-6-8-14-9-10/h2,6,8-9H,1,3-5,7H2,(H,12,13). The lowest BCUT2D eigenvalue weighted by Crippen LogP contribution is -2.24. The molecule has 0 aromatic carbocycles. The van der Waals surface area contributed by atoms with E-state index in [-0.39, 0.29) is 5.91 Å². The molecule has 0 spiro atoms. The molecule has 0 saturated carbocycles. The molecule has 76 valence electrons. The Kier molecular flexibility index (Phi) is 5.00. The molecule has 2 nitrogen and oxygen atoms in total. The van der Waals surface area contributed by atoms with Gasteiger partial charge >= 0.3 is 0 Å². The van der Waals surface area contributed by atoms with Gasteiger partial charge in [0.2, 0.25) is 5.91 Å². The van der Waals surface area contributed by atoms with E-state index in [4.69, 9.17) is 0 Å². The largest absolute Gasteiger partial charge is 0.356 e. The zero-order chi connectivity index (χ0) is 10.2. The molecule has 3 heteroatoms. The summed E-state index contributed by atoms with van der Waals surface area (Å²) in [6.45, 7) is 4.30. The fraction of sp³-hybridized carbons (Fsp3) is 0.364. The Morgan fingerprint density at radius 2 is 2.50 bits per heavy atom. The van der Waals surface area contributed by atoms with E-state index in [0.29, 0.717) is 6.42 Å². The molecule has 0 aliphatic heterocycles. The third-order valence-corrected chi connectivity index (χ3v) is 2.62. The van der Waals surface area contributed by atoms with Gasteiger partial charge in [-0.3, -0.25) is 4.79 Å². The molecule has 0 unspecified atom stereocenters. The second-order valence-corrected chi connectivity index (χ2v) is 3.84. The van der Waals surface area contributed by atoms with Gasteiger partial charge < -0.3 is 5.32 Å². The minimum atomic E-state index is 0.111. The highest BCUT2D eigenvalue weighted by molar-refractivity contribution is 7.07. The lowest BCUT2D eigenvalue weighted by atomic mass is 10.2. The third-order valence-electron chi connectivity index (χ3n) is 1.89. The average Bonchev–Trinajstić information content (AvgIpc) is 2.67. The SMILES string of the molecule is C=CCCC(=O)NCCc1ccsc1. The highest BCUT2D eigenvalue weighted by atomic mass is 32.1. The van der Waals surface area contributed by atoms with E-state index in [1.807, 2.05) is 0 Å². The molecule has 0 aliphatic carbocycles. The van der Waals surface area contributed by atoms with Crippen molar-refractivity contribution < 1.29 is 4.79 Å². The maximum Gasteiger partial charge on any atom is 0.220 e. The summed E-state index contributed by atoms with van der Waals surface area (Å²) in [6.07, 6.45) is 3.99. The predicted molar refractivity (Wildman–Crippen MR) is 60.5 cm³/mol.